The molecule has 0 spiro atoms. The van der Waals surface area contributed by atoms with Gasteiger partial charge in [0.25, 0.3) is 0 Å². The second-order valence-electron chi connectivity index (χ2n) is 6.70. The summed E-state index contributed by atoms with van der Waals surface area (Å²) in [6.45, 7) is 9.86. The van der Waals surface area contributed by atoms with E-state index in [9.17, 15) is 5.11 Å². The fourth-order valence-electron chi connectivity index (χ4n) is 3.53. The number of aliphatic hydroxyl groups excluding tert-OH is 1. The number of likely N-dealkylation sites (tertiary alicyclic amines) is 1. The van der Waals surface area contributed by atoms with Crippen molar-refractivity contribution in [3.63, 3.8) is 0 Å². The number of aryl methyl sites for hydroxylation is 2. The van der Waals surface area contributed by atoms with Gasteiger partial charge in [-0.3, -0.25) is 0 Å². The maximum Gasteiger partial charge on any atom is 0.137 e. The molecular weight excluding hydrogens is 262 g/mol. The number of para-hydroxylation sites is 1. The van der Waals surface area contributed by atoms with Crippen LogP contribution in [0.5, 0.6) is 5.75 Å². The number of piperidine rings is 1. The highest BCUT2D eigenvalue weighted by Crippen LogP contribution is 2.22. The van der Waals surface area contributed by atoms with Crippen LogP contribution in [0.1, 0.15) is 44.2 Å². The van der Waals surface area contributed by atoms with Crippen molar-refractivity contribution >= 4 is 0 Å². The third kappa shape index (κ3) is 4.21. The van der Waals surface area contributed by atoms with Crippen LogP contribution in [-0.2, 0) is 0 Å². The summed E-state index contributed by atoms with van der Waals surface area (Å²) in [4.78, 5) is 1.53. The van der Waals surface area contributed by atoms with Crippen molar-refractivity contribution in [2.75, 3.05) is 13.2 Å². The lowest BCUT2D eigenvalue weighted by Crippen LogP contribution is -3.20. The Kier molecular flexibility index (Phi) is 5.65. The summed E-state index contributed by atoms with van der Waals surface area (Å²) in [5.74, 6) is 0.922. The molecule has 0 saturated carbocycles. The highest BCUT2D eigenvalue weighted by atomic mass is 16.5. The number of benzene rings is 1. The van der Waals surface area contributed by atoms with E-state index >= 15 is 0 Å². The summed E-state index contributed by atoms with van der Waals surface area (Å²) in [6, 6.07) is 7.42. The molecule has 1 aliphatic rings. The van der Waals surface area contributed by atoms with Crippen molar-refractivity contribution in [3.05, 3.63) is 29.3 Å². The minimum atomic E-state index is -0.401. The smallest absolute Gasteiger partial charge is 0.137 e. The zero-order chi connectivity index (χ0) is 15.4. The first-order chi connectivity index (χ1) is 9.99. The molecule has 3 heteroatoms. The zero-order valence-electron chi connectivity index (χ0n) is 13.9. The van der Waals surface area contributed by atoms with E-state index in [2.05, 4.69) is 39.8 Å². The summed E-state index contributed by atoms with van der Waals surface area (Å²) in [5, 5.41) is 10.3. The standard InChI is InChI=1S/C18H29NO2/c1-13-7-5-8-14(2)18(13)21-12-17(20)11-19-15(3)9-6-10-16(19)4/h5,7-8,15-17,20H,6,9-12H2,1-4H3/p+1/t15-,16-,17+/m0/s1. The van der Waals surface area contributed by atoms with Gasteiger partial charge in [0.2, 0.25) is 0 Å². The molecule has 0 amide bonds. The Labute approximate surface area is 128 Å². The van der Waals surface area contributed by atoms with Crippen LogP contribution >= 0.6 is 0 Å². The van der Waals surface area contributed by atoms with Gasteiger partial charge in [-0.25, -0.2) is 0 Å². The van der Waals surface area contributed by atoms with Crippen molar-refractivity contribution in [1.29, 1.82) is 0 Å². The average molecular weight is 292 g/mol. The van der Waals surface area contributed by atoms with Gasteiger partial charge in [-0.1, -0.05) is 18.2 Å². The van der Waals surface area contributed by atoms with Crippen LogP contribution in [0, 0.1) is 13.8 Å². The van der Waals surface area contributed by atoms with Crippen LogP contribution in [0.25, 0.3) is 0 Å². The summed E-state index contributed by atoms with van der Waals surface area (Å²) >= 11 is 0. The number of aliphatic hydroxyl groups is 1. The minimum absolute atomic E-state index is 0.384. The van der Waals surface area contributed by atoms with Gasteiger partial charge in [0.05, 0.1) is 12.1 Å². The molecule has 0 unspecified atom stereocenters. The molecular formula is C18H30NO2+. The first-order valence-electron chi connectivity index (χ1n) is 8.21. The number of ether oxygens (including phenoxy) is 1. The fourth-order valence-corrected chi connectivity index (χ4v) is 3.53. The highest BCUT2D eigenvalue weighted by Gasteiger charge is 2.30. The second-order valence-corrected chi connectivity index (χ2v) is 6.70. The van der Waals surface area contributed by atoms with Gasteiger partial charge >= 0.3 is 0 Å². The largest absolute Gasteiger partial charge is 0.490 e. The highest BCUT2D eigenvalue weighted by molar-refractivity contribution is 5.39. The Balaban J connectivity index is 1.88. The van der Waals surface area contributed by atoms with Crippen LogP contribution in [0.4, 0.5) is 0 Å². The molecule has 0 bridgehead atoms. The number of hydrogen-bond donors (Lipinski definition) is 2. The number of nitrogens with one attached hydrogen (secondary N) is 1. The topological polar surface area (TPSA) is 33.9 Å². The van der Waals surface area contributed by atoms with E-state index in [1.54, 1.807) is 0 Å². The molecule has 0 radical (unpaired) electrons. The molecule has 3 nitrogen and oxygen atoms in total. The lowest BCUT2D eigenvalue weighted by atomic mass is 9.97. The Morgan fingerprint density at radius 1 is 1.19 bits per heavy atom. The van der Waals surface area contributed by atoms with Crippen molar-refractivity contribution in [1.82, 2.24) is 0 Å². The molecule has 1 aromatic carbocycles. The quantitative estimate of drug-likeness (QED) is 0.869. The van der Waals surface area contributed by atoms with Gasteiger partial charge < -0.3 is 14.7 Å². The van der Waals surface area contributed by atoms with Crippen LogP contribution in [0.3, 0.4) is 0 Å². The Bertz CT molecular complexity index is 430. The lowest BCUT2D eigenvalue weighted by Gasteiger charge is -2.36. The molecule has 118 valence electrons. The van der Waals surface area contributed by atoms with E-state index in [-0.39, 0.29) is 0 Å². The number of hydrogen-bond acceptors (Lipinski definition) is 2. The Hall–Kier alpha value is -1.06. The maximum atomic E-state index is 10.3. The molecule has 2 rings (SSSR count). The Morgan fingerprint density at radius 2 is 1.76 bits per heavy atom. The summed E-state index contributed by atoms with van der Waals surface area (Å²) in [7, 11) is 0. The van der Waals surface area contributed by atoms with E-state index in [1.165, 1.54) is 24.2 Å². The van der Waals surface area contributed by atoms with Gasteiger partial charge in [-0.2, -0.15) is 0 Å². The van der Waals surface area contributed by atoms with Crippen LogP contribution in [-0.4, -0.2) is 36.4 Å². The molecule has 2 N–H and O–H groups in total. The van der Waals surface area contributed by atoms with E-state index in [0.717, 1.165) is 23.4 Å². The van der Waals surface area contributed by atoms with Gasteiger partial charge in [-0.05, 0) is 58.1 Å². The average Bonchev–Trinajstić information content (AvgIpc) is 2.42. The van der Waals surface area contributed by atoms with Crippen LogP contribution in [0.15, 0.2) is 18.2 Å². The van der Waals surface area contributed by atoms with Crippen molar-refractivity contribution in [2.24, 2.45) is 0 Å². The SMILES string of the molecule is Cc1cccc(C)c1OC[C@H](O)C[NH+]1[C@@H](C)CCC[C@@H]1C. The summed E-state index contributed by atoms with van der Waals surface area (Å²) in [5.41, 5.74) is 2.27. The monoisotopic (exact) mass is 292 g/mol. The van der Waals surface area contributed by atoms with Gasteiger partial charge in [0.1, 0.15) is 25.0 Å². The van der Waals surface area contributed by atoms with Crippen molar-refractivity contribution < 1.29 is 14.7 Å². The summed E-state index contributed by atoms with van der Waals surface area (Å²) in [6.07, 6.45) is 3.46. The second kappa shape index (κ2) is 7.28. The number of quaternary nitrogens is 1. The first kappa shape index (κ1) is 16.3. The molecule has 1 fully saturated rings. The molecule has 21 heavy (non-hydrogen) atoms. The number of rotatable bonds is 5. The summed E-state index contributed by atoms with van der Waals surface area (Å²) < 4.78 is 5.88. The predicted octanol–water partition coefficient (Wildman–Crippen LogP) is 1.89. The van der Waals surface area contributed by atoms with E-state index in [1.807, 2.05) is 6.07 Å². The van der Waals surface area contributed by atoms with Gasteiger partial charge in [-0.15, -0.1) is 0 Å². The van der Waals surface area contributed by atoms with E-state index in [4.69, 9.17) is 4.74 Å². The molecule has 1 saturated heterocycles. The molecule has 3 atom stereocenters. The van der Waals surface area contributed by atoms with Gasteiger partial charge in [0.15, 0.2) is 0 Å². The van der Waals surface area contributed by atoms with Crippen LogP contribution in [0.2, 0.25) is 0 Å². The fraction of sp³-hybridized carbons (Fsp3) is 0.667. The zero-order valence-corrected chi connectivity index (χ0v) is 13.9. The molecule has 0 aliphatic carbocycles. The third-order valence-electron chi connectivity index (χ3n) is 4.84. The lowest BCUT2D eigenvalue weighted by molar-refractivity contribution is -0.954. The van der Waals surface area contributed by atoms with E-state index < -0.39 is 6.10 Å². The third-order valence-corrected chi connectivity index (χ3v) is 4.84. The Morgan fingerprint density at radius 3 is 2.33 bits per heavy atom. The molecule has 0 aromatic heterocycles. The van der Waals surface area contributed by atoms with Gasteiger partial charge in [0, 0.05) is 0 Å². The maximum absolute atomic E-state index is 10.3. The molecule has 1 aliphatic heterocycles. The molecule has 1 aromatic rings. The van der Waals surface area contributed by atoms with Crippen LogP contribution < -0.4 is 9.64 Å². The minimum Gasteiger partial charge on any atom is -0.490 e. The normalized spacial score (nSPS) is 24.8. The molecule has 1 heterocycles. The van der Waals surface area contributed by atoms with Crippen molar-refractivity contribution in [2.45, 2.75) is 65.1 Å². The van der Waals surface area contributed by atoms with Crippen molar-refractivity contribution in [3.8, 4) is 5.75 Å². The first-order valence-corrected chi connectivity index (χ1v) is 8.21. The predicted molar refractivity (Wildman–Crippen MR) is 86.0 cm³/mol. The van der Waals surface area contributed by atoms with E-state index in [0.29, 0.717) is 18.7 Å².